The summed E-state index contributed by atoms with van der Waals surface area (Å²) in [5, 5.41) is 33.3. The van der Waals surface area contributed by atoms with Gasteiger partial charge in [-0.2, -0.15) is 0 Å². The van der Waals surface area contributed by atoms with Gasteiger partial charge in [-0.15, -0.1) is 0 Å². The number of aliphatic hydroxyl groups is 3. The topological polar surface area (TPSA) is 201 Å². The summed E-state index contributed by atoms with van der Waals surface area (Å²) < 4.78 is 56.6. The van der Waals surface area contributed by atoms with Gasteiger partial charge in [-0.05, 0) is 93.9 Å². The van der Waals surface area contributed by atoms with Gasteiger partial charge >= 0.3 is 11.9 Å². The molecule has 3 N–H and O–H groups in total. The maximum atomic E-state index is 13.2. The lowest BCUT2D eigenvalue weighted by atomic mass is 9.82. The Kier molecular flexibility index (Phi) is 20.0. The molecule has 19 atom stereocenters. The summed E-state index contributed by atoms with van der Waals surface area (Å²) in [6, 6.07) is -0.475. The lowest BCUT2D eigenvalue weighted by molar-refractivity contribution is -0.344. The number of carbonyl (C=O) groups is 3. The third-order valence-electron chi connectivity index (χ3n) is 12.7. The Bertz CT molecular complexity index is 1480. The standard InChI is InChI=1S/C45H76N2O15/c1-25-22-31(20-21-48)40(62-44-42(59-30(6)49)38(47(10)11)39(28(4)58-44)61-37-24-45(7,53)43(52)29(5)57-37)41(54-12)33(50)23-35(51)55-26(2)16-14-13-15-17-34(25)60-36-19-18-32(46(8)9)27(3)56-36/h13-15,17,21,25-29,31-34,36-44,50,52-53H,16,18-20,22-24H2,1-12H3/b14-13-,17-15+/t25-,26-,27-,28-,29+,31+,32+,33-,34+,36+,37+,38+,39-,40+,41-,42-,43+,44+,45-/m1/s1. The van der Waals surface area contributed by atoms with Gasteiger partial charge in [0, 0.05) is 39.3 Å². The second-order valence-corrected chi connectivity index (χ2v) is 18.4. The number of aldehydes is 1. The number of hydrogen-bond donors (Lipinski definition) is 3. The number of cyclic esters (lactones) is 1. The molecule has 0 aromatic heterocycles. The first-order chi connectivity index (χ1) is 29.2. The van der Waals surface area contributed by atoms with E-state index in [4.69, 9.17) is 42.6 Å². The van der Waals surface area contributed by atoms with Crippen molar-refractivity contribution < 1.29 is 72.3 Å². The zero-order chi connectivity index (χ0) is 46.1. The highest BCUT2D eigenvalue weighted by atomic mass is 16.7. The van der Waals surface area contributed by atoms with E-state index >= 15 is 0 Å². The van der Waals surface area contributed by atoms with E-state index < -0.39 is 116 Å². The number of aliphatic hydroxyl groups excluding tert-OH is 2. The summed E-state index contributed by atoms with van der Waals surface area (Å²) in [5.74, 6) is -2.18. The van der Waals surface area contributed by atoms with Crippen LogP contribution in [0.1, 0.15) is 93.4 Å². The Balaban J connectivity index is 1.73. The molecule has 4 heterocycles. The first-order valence-electron chi connectivity index (χ1n) is 22.2. The molecule has 17 heteroatoms. The van der Waals surface area contributed by atoms with Crippen LogP contribution >= 0.6 is 0 Å². The largest absolute Gasteiger partial charge is 0.462 e. The van der Waals surface area contributed by atoms with Crippen LogP contribution in [0.4, 0.5) is 0 Å². The van der Waals surface area contributed by atoms with Crippen molar-refractivity contribution in [1.82, 2.24) is 9.80 Å². The molecule has 0 aromatic rings. The van der Waals surface area contributed by atoms with E-state index in [1.54, 1.807) is 34.9 Å². The van der Waals surface area contributed by atoms with Crippen LogP contribution in [0.15, 0.2) is 24.3 Å². The molecule has 0 unspecified atom stereocenters. The molecule has 4 aliphatic heterocycles. The van der Waals surface area contributed by atoms with Gasteiger partial charge in [-0.1, -0.05) is 31.2 Å². The zero-order valence-electron chi connectivity index (χ0n) is 38.9. The van der Waals surface area contributed by atoms with Crippen molar-refractivity contribution in [2.45, 2.75) is 197 Å². The molecular formula is C45H76N2O15. The van der Waals surface area contributed by atoms with E-state index in [0.717, 1.165) is 12.7 Å². The molecule has 0 bridgehead atoms. The number of hydrogen-bond acceptors (Lipinski definition) is 17. The predicted molar refractivity (Wildman–Crippen MR) is 226 cm³/mol. The molecular weight excluding hydrogens is 808 g/mol. The average Bonchev–Trinajstić information content (AvgIpc) is 3.16. The number of methoxy groups -OCH3 is 1. The zero-order valence-corrected chi connectivity index (χ0v) is 38.9. The van der Waals surface area contributed by atoms with Gasteiger partial charge in [0.1, 0.15) is 30.7 Å². The van der Waals surface area contributed by atoms with Gasteiger partial charge < -0.3 is 72.5 Å². The number of carbonyl (C=O) groups excluding carboxylic acids is 3. The number of rotatable bonds is 12. The van der Waals surface area contributed by atoms with Crippen molar-refractivity contribution in [3.63, 3.8) is 0 Å². The summed E-state index contributed by atoms with van der Waals surface area (Å²) in [6.45, 7) is 12.0. The van der Waals surface area contributed by atoms with Crippen molar-refractivity contribution in [3.05, 3.63) is 24.3 Å². The summed E-state index contributed by atoms with van der Waals surface area (Å²) in [5.41, 5.74) is -1.50. The van der Waals surface area contributed by atoms with Crippen LogP contribution in [0, 0.1) is 11.8 Å². The normalized spacial score (nSPS) is 44.0. The van der Waals surface area contributed by atoms with Gasteiger partial charge in [-0.25, -0.2) is 0 Å². The summed E-state index contributed by atoms with van der Waals surface area (Å²) in [4.78, 5) is 42.6. The predicted octanol–water partition coefficient (Wildman–Crippen LogP) is 2.90. The Morgan fingerprint density at radius 2 is 1.58 bits per heavy atom. The second-order valence-electron chi connectivity index (χ2n) is 18.4. The van der Waals surface area contributed by atoms with E-state index in [2.05, 4.69) is 4.90 Å². The monoisotopic (exact) mass is 885 g/mol. The fraction of sp³-hybridized carbons (Fsp3) is 0.844. The SMILES string of the molecule is CO[C@H]1[C@@H](O[C@@H]2O[C@H](C)[C@@H](O[C@H]3C[C@@](C)(O)[C@@H](O)[C@H](C)O3)[C@H](N(C)C)[C@H]2OC(C)=O)[C@@H](CC=O)C[C@@H](C)[C@@H](O[C@H]2CC[C@H](N(C)C)[C@@H](C)O2)/C=C/C=C\C[C@@H](C)OC(=O)C[C@H]1O. The first kappa shape index (κ1) is 52.2. The lowest BCUT2D eigenvalue weighted by Gasteiger charge is -2.50. The average molecular weight is 885 g/mol. The highest BCUT2D eigenvalue weighted by Gasteiger charge is 2.53. The van der Waals surface area contributed by atoms with Crippen LogP contribution in [0.3, 0.4) is 0 Å². The van der Waals surface area contributed by atoms with Gasteiger partial charge in [0.05, 0.1) is 54.7 Å². The number of allylic oxidation sites excluding steroid dienone is 2. The summed E-state index contributed by atoms with van der Waals surface area (Å²) >= 11 is 0. The van der Waals surface area contributed by atoms with Gasteiger partial charge in [-0.3, -0.25) is 9.59 Å². The molecule has 62 heavy (non-hydrogen) atoms. The molecule has 0 aromatic carbocycles. The molecule has 4 rings (SSSR count). The fourth-order valence-corrected chi connectivity index (χ4v) is 9.39. The summed E-state index contributed by atoms with van der Waals surface area (Å²) in [6.07, 6.45) is -1.89. The molecule has 0 radical (unpaired) electrons. The molecule has 3 fully saturated rings. The second kappa shape index (κ2) is 23.7. The molecule has 0 amide bonds. The van der Waals surface area contributed by atoms with E-state index in [1.807, 2.05) is 57.1 Å². The number of esters is 2. The highest BCUT2D eigenvalue weighted by Crippen LogP contribution is 2.38. The Hall–Kier alpha value is -2.39. The fourth-order valence-electron chi connectivity index (χ4n) is 9.39. The van der Waals surface area contributed by atoms with Crippen LogP contribution in [0.2, 0.25) is 0 Å². The number of likely N-dealkylation sites (N-methyl/N-ethyl adjacent to an activating group) is 2. The van der Waals surface area contributed by atoms with Gasteiger partial charge in [0.15, 0.2) is 25.0 Å². The van der Waals surface area contributed by atoms with E-state index in [1.165, 1.54) is 21.0 Å². The van der Waals surface area contributed by atoms with Crippen molar-refractivity contribution in [3.8, 4) is 0 Å². The van der Waals surface area contributed by atoms with Gasteiger partial charge in [0.2, 0.25) is 0 Å². The van der Waals surface area contributed by atoms with Gasteiger partial charge in [0.25, 0.3) is 0 Å². The van der Waals surface area contributed by atoms with Crippen molar-refractivity contribution in [1.29, 1.82) is 0 Å². The number of ether oxygens (including phenoxy) is 9. The van der Waals surface area contributed by atoms with Crippen molar-refractivity contribution in [2.24, 2.45) is 11.8 Å². The van der Waals surface area contributed by atoms with Crippen molar-refractivity contribution in [2.75, 3.05) is 35.3 Å². The third kappa shape index (κ3) is 14.1. The highest BCUT2D eigenvalue weighted by molar-refractivity contribution is 5.70. The Morgan fingerprint density at radius 1 is 0.887 bits per heavy atom. The van der Waals surface area contributed by atoms with E-state index in [0.29, 0.717) is 19.3 Å². The van der Waals surface area contributed by atoms with Crippen LogP contribution in [-0.4, -0.2) is 182 Å². The molecule has 3 saturated heterocycles. The van der Waals surface area contributed by atoms with E-state index in [9.17, 15) is 29.7 Å². The Labute approximate surface area is 368 Å². The maximum absolute atomic E-state index is 13.2. The van der Waals surface area contributed by atoms with Crippen LogP contribution in [-0.2, 0) is 57.0 Å². The smallest absolute Gasteiger partial charge is 0.308 e. The third-order valence-corrected chi connectivity index (χ3v) is 12.7. The molecule has 17 nitrogen and oxygen atoms in total. The molecule has 0 aliphatic carbocycles. The molecule has 0 saturated carbocycles. The maximum Gasteiger partial charge on any atom is 0.308 e. The van der Waals surface area contributed by atoms with Crippen LogP contribution in [0.5, 0.6) is 0 Å². The molecule has 356 valence electrons. The first-order valence-corrected chi connectivity index (χ1v) is 22.2. The van der Waals surface area contributed by atoms with Crippen LogP contribution in [0.25, 0.3) is 0 Å². The lowest BCUT2D eigenvalue weighted by Crippen LogP contribution is -2.66. The molecule has 0 spiro atoms. The minimum Gasteiger partial charge on any atom is -0.462 e. The van der Waals surface area contributed by atoms with Crippen LogP contribution < -0.4 is 0 Å². The summed E-state index contributed by atoms with van der Waals surface area (Å²) in [7, 11) is 9.03. The van der Waals surface area contributed by atoms with E-state index in [-0.39, 0.29) is 30.9 Å². The minimum absolute atomic E-state index is 0.0345. The van der Waals surface area contributed by atoms with Crippen molar-refractivity contribution >= 4 is 18.2 Å². The molecule has 4 aliphatic rings. The number of nitrogens with zero attached hydrogens (tertiary/aromatic N) is 2. The minimum atomic E-state index is -1.50. The quantitative estimate of drug-likeness (QED) is 0.191. The Morgan fingerprint density at radius 3 is 2.18 bits per heavy atom.